The summed E-state index contributed by atoms with van der Waals surface area (Å²) in [5.74, 6) is -1.52. The Morgan fingerprint density at radius 2 is 2.29 bits per heavy atom. The second kappa shape index (κ2) is 7.47. The first-order valence-electron chi connectivity index (χ1n) is 7.13. The molecule has 2 N–H and O–H groups in total. The molecule has 1 heterocycles. The fourth-order valence-corrected chi connectivity index (χ4v) is 2.37. The molecule has 1 amide bonds. The summed E-state index contributed by atoms with van der Waals surface area (Å²) in [6, 6.07) is 2.82. The van der Waals surface area contributed by atoms with E-state index in [0.29, 0.717) is 6.54 Å². The molecular weight excluding hydrogens is 278 g/mol. The molecule has 1 saturated heterocycles. The standard InChI is InChI=1S/C15H20F2N2O2/c1-10(13-5-4-11(16)7-14(13)17)19-15(20)9-18-8-12-3-2-6-21-12/h4-5,7,10,12,18H,2-3,6,8-9H2,1H3,(H,19,20). The zero-order chi connectivity index (χ0) is 15.2. The summed E-state index contributed by atoms with van der Waals surface area (Å²) >= 11 is 0. The van der Waals surface area contributed by atoms with Crippen LogP contribution in [0.5, 0.6) is 0 Å². The Bertz CT molecular complexity index is 491. The van der Waals surface area contributed by atoms with Gasteiger partial charge in [0.05, 0.1) is 18.7 Å². The number of halogens is 2. The maximum Gasteiger partial charge on any atom is 0.234 e. The van der Waals surface area contributed by atoms with Crippen LogP contribution in [0.3, 0.4) is 0 Å². The van der Waals surface area contributed by atoms with Gasteiger partial charge in [-0.3, -0.25) is 4.79 Å². The van der Waals surface area contributed by atoms with Gasteiger partial charge in [-0.2, -0.15) is 0 Å². The zero-order valence-corrected chi connectivity index (χ0v) is 12.0. The van der Waals surface area contributed by atoms with Crippen molar-refractivity contribution in [2.45, 2.75) is 31.9 Å². The van der Waals surface area contributed by atoms with Crippen LogP contribution in [0.4, 0.5) is 8.78 Å². The van der Waals surface area contributed by atoms with Gasteiger partial charge >= 0.3 is 0 Å². The molecule has 0 aromatic heterocycles. The molecule has 2 rings (SSSR count). The van der Waals surface area contributed by atoms with E-state index in [-0.39, 0.29) is 24.1 Å². The van der Waals surface area contributed by atoms with Crippen LogP contribution in [0.2, 0.25) is 0 Å². The minimum absolute atomic E-state index is 0.146. The Morgan fingerprint density at radius 3 is 2.95 bits per heavy atom. The predicted molar refractivity (Wildman–Crippen MR) is 74.8 cm³/mol. The van der Waals surface area contributed by atoms with Gasteiger partial charge in [0.2, 0.25) is 5.91 Å². The number of benzene rings is 1. The number of ether oxygens (including phenoxy) is 1. The van der Waals surface area contributed by atoms with Gasteiger partial charge in [0.1, 0.15) is 11.6 Å². The molecule has 0 spiro atoms. The smallest absolute Gasteiger partial charge is 0.234 e. The molecule has 0 bridgehead atoms. The largest absolute Gasteiger partial charge is 0.377 e. The summed E-state index contributed by atoms with van der Waals surface area (Å²) in [6.45, 7) is 3.22. The van der Waals surface area contributed by atoms with Crippen molar-refractivity contribution in [2.24, 2.45) is 0 Å². The molecule has 0 radical (unpaired) electrons. The summed E-state index contributed by atoms with van der Waals surface area (Å²) in [4.78, 5) is 11.8. The average molecular weight is 298 g/mol. The van der Waals surface area contributed by atoms with Crippen LogP contribution in [0, 0.1) is 11.6 Å². The number of rotatable bonds is 6. The van der Waals surface area contributed by atoms with Gasteiger partial charge in [-0.1, -0.05) is 6.07 Å². The third-order valence-electron chi connectivity index (χ3n) is 3.49. The maximum atomic E-state index is 13.6. The van der Waals surface area contributed by atoms with Crippen LogP contribution in [0.15, 0.2) is 18.2 Å². The fraction of sp³-hybridized carbons (Fsp3) is 0.533. The van der Waals surface area contributed by atoms with E-state index in [1.54, 1.807) is 6.92 Å². The van der Waals surface area contributed by atoms with E-state index in [0.717, 1.165) is 25.5 Å². The minimum Gasteiger partial charge on any atom is -0.377 e. The third kappa shape index (κ3) is 4.75. The lowest BCUT2D eigenvalue weighted by molar-refractivity contribution is -0.120. The Kier molecular flexibility index (Phi) is 5.64. The SMILES string of the molecule is CC(NC(=O)CNCC1CCCO1)c1ccc(F)cc1F. The van der Waals surface area contributed by atoms with E-state index in [1.165, 1.54) is 12.1 Å². The number of hydrogen-bond acceptors (Lipinski definition) is 3. The molecule has 1 fully saturated rings. The van der Waals surface area contributed by atoms with E-state index < -0.39 is 17.7 Å². The van der Waals surface area contributed by atoms with E-state index in [1.807, 2.05) is 0 Å². The molecule has 2 atom stereocenters. The van der Waals surface area contributed by atoms with Crippen molar-refractivity contribution in [3.8, 4) is 0 Å². The summed E-state index contributed by atoms with van der Waals surface area (Å²) in [7, 11) is 0. The highest BCUT2D eigenvalue weighted by molar-refractivity contribution is 5.78. The van der Waals surface area contributed by atoms with Crippen LogP contribution in [-0.2, 0) is 9.53 Å². The lowest BCUT2D eigenvalue weighted by Crippen LogP contribution is -2.38. The van der Waals surface area contributed by atoms with Crippen molar-refractivity contribution >= 4 is 5.91 Å². The molecule has 0 saturated carbocycles. The summed E-state index contributed by atoms with van der Waals surface area (Å²) in [5.41, 5.74) is 0.267. The van der Waals surface area contributed by atoms with Crippen molar-refractivity contribution in [2.75, 3.05) is 19.7 Å². The zero-order valence-electron chi connectivity index (χ0n) is 12.0. The molecule has 1 aromatic carbocycles. The highest BCUT2D eigenvalue weighted by atomic mass is 19.1. The Morgan fingerprint density at radius 1 is 1.48 bits per heavy atom. The van der Waals surface area contributed by atoms with Crippen LogP contribution in [-0.4, -0.2) is 31.7 Å². The van der Waals surface area contributed by atoms with Gasteiger partial charge in [0.25, 0.3) is 0 Å². The molecule has 1 aromatic rings. The van der Waals surface area contributed by atoms with E-state index in [9.17, 15) is 13.6 Å². The quantitative estimate of drug-likeness (QED) is 0.843. The van der Waals surface area contributed by atoms with Crippen molar-refractivity contribution in [3.05, 3.63) is 35.4 Å². The minimum atomic E-state index is -0.657. The molecule has 2 unspecified atom stereocenters. The molecule has 1 aliphatic rings. The summed E-state index contributed by atoms with van der Waals surface area (Å²) in [6.07, 6.45) is 2.23. The van der Waals surface area contributed by atoms with Crippen molar-refractivity contribution in [1.82, 2.24) is 10.6 Å². The Balaban J connectivity index is 1.75. The van der Waals surface area contributed by atoms with Crippen molar-refractivity contribution in [1.29, 1.82) is 0 Å². The monoisotopic (exact) mass is 298 g/mol. The lowest BCUT2D eigenvalue weighted by Gasteiger charge is -2.16. The average Bonchev–Trinajstić information content (AvgIpc) is 2.91. The number of carbonyl (C=O) groups excluding carboxylic acids is 1. The van der Waals surface area contributed by atoms with E-state index in [2.05, 4.69) is 10.6 Å². The van der Waals surface area contributed by atoms with E-state index >= 15 is 0 Å². The molecule has 116 valence electrons. The number of nitrogens with one attached hydrogen (secondary N) is 2. The summed E-state index contributed by atoms with van der Waals surface area (Å²) in [5, 5.41) is 5.69. The molecule has 1 aliphatic heterocycles. The summed E-state index contributed by atoms with van der Waals surface area (Å²) < 4.78 is 31.9. The highest BCUT2D eigenvalue weighted by Crippen LogP contribution is 2.17. The second-order valence-corrected chi connectivity index (χ2v) is 5.22. The number of amides is 1. The van der Waals surface area contributed by atoms with Crippen LogP contribution >= 0.6 is 0 Å². The topological polar surface area (TPSA) is 50.4 Å². The normalized spacial score (nSPS) is 19.5. The number of hydrogen-bond donors (Lipinski definition) is 2. The van der Waals surface area contributed by atoms with Gasteiger partial charge in [-0.25, -0.2) is 8.78 Å². The second-order valence-electron chi connectivity index (χ2n) is 5.22. The Hall–Kier alpha value is -1.53. The molecular formula is C15H20F2N2O2. The maximum absolute atomic E-state index is 13.6. The highest BCUT2D eigenvalue weighted by Gasteiger charge is 2.17. The lowest BCUT2D eigenvalue weighted by atomic mass is 10.1. The molecule has 21 heavy (non-hydrogen) atoms. The van der Waals surface area contributed by atoms with Crippen molar-refractivity contribution in [3.63, 3.8) is 0 Å². The van der Waals surface area contributed by atoms with Gasteiger partial charge in [-0.15, -0.1) is 0 Å². The molecule has 4 nitrogen and oxygen atoms in total. The van der Waals surface area contributed by atoms with Gasteiger partial charge in [0, 0.05) is 24.8 Å². The van der Waals surface area contributed by atoms with Gasteiger partial charge in [0.15, 0.2) is 0 Å². The first-order valence-corrected chi connectivity index (χ1v) is 7.13. The molecule has 0 aliphatic carbocycles. The van der Waals surface area contributed by atoms with Crippen molar-refractivity contribution < 1.29 is 18.3 Å². The van der Waals surface area contributed by atoms with E-state index in [4.69, 9.17) is 4.74 Å². The first-order chi connectivity index (χ1) is 10.1. The predicted octanol–water partition coefficient (Wildman–Crippen LogP) is 1.91. The first kappa shape index (κ1) is 15.9. The Labute approximate surface area is 122 Å². The fourth-order valence-electron chi connectivity index (χ4n) is 2.37. The van der Waals surface area contributed by atoms with Gasteiger partial charge in [-0.05, 0) is 25.8 Å². The van der Waals surface area contributed by atoms with Crippen LogP contribution in [0.25, 0.3) is 0 Å². The van der Waals surface area contributed by atoms with Crippen LogP contribution in [0.1, 0.15) is 31.4 Å². The van der Waals surface area contributed by atoms with Gasteiger partial charge < -0.3 is 15.4 Å². The third-order valence-corrected chi connectivity index (χ3v) is 3.49. The number of carbonyl (C=O) groups is 1. The van der Waals surface area contributed by atoms with Crippen LogP contribution < -0.4 is 10.6 Å². The molecule has 6 heteroatoms.